The molecular formula is C17H28ClNO. The molecule has 0 saturated heterocycles. The van der Waals surface area contributed by atoms with Crippen molar-refractivity contribution in [2.75, 3.05) is 20.2 Å². The Kier molecular flexibility index (Phi) is 7.39. The predicted molar refractivity (Wildman–Crippen MR) is 88.2 cm³/mol. The number of ether oxygens (including phenoxy) is 1. The van der Waals surface area contributed by atoms with E-state index in [4.69, 9.17) is 4.74 Å². The number of nitrogens with zero attached hydrogens (tertiary/aromatic N) is 1. The van der Waals surface area contributed by atoms with Crippen LogP contribution in [-0.2, 0) is 12.8 Å². The van der Waals surface area contributed by atoms with Crippen LogP contribution in [0.5, 0.6) is 5.75 Å². The fraction of sp³-hybridized carbons (Fsp3) is 0.647. The minimum atomic E-state index is 0. The Morgan fingerprint density at radius 3 is 2.50 bits per heavy atom. The topological polar surface area (TPSA) is 12.5 Å². The van der Waals surface area contributed by atoms with Gasteiger partial charge in [0.1, 0.15) is 5.75 Å². The van der Waals surface area contributed by atoms with Crippen LogP contribution in [0.3, 0.4) is 0 Å². The third-order valence-electron chi connectivity index (χ3n) is 4.17. The van der Waals surface area contributed by atoms with Gasteiger partial charge in [-0.1, -0.05) is 26.0 Å². The maximum Gasteiger partial charge on any atom is 0.122 e. The van der Waals surface area contributed by atoms with Gasteiger partial charge in [0.2, 0.25) is 0 Å². The van der Waals surface area contributed by atoms with Crippen LogP contribution >= 0.6 is 12.4 Å². The molecule has 1 unspecified atom stereocenters. The first-order valence-corrected chi connectivity index (χ1v) is 7.68. The molecule has 20 heavy (non-hydrogen) atoms. The molecule has 0 amide bonds. The lowest BCUT2D eigenvalue weighted by Crippen LogP contribution is -2.40. The molecule has 1 aliphatic rings. The summed E-state index contributed by atoms with van der Waals surface area (Å²) in [6, 6.07) is 7.18. The van der Waals surface area contributed by atoms with Crippen molar-refractivity contribution in [3.05, 3.63) is 29.3 Å². The molecule has 2 rings (SSSR count). The van der Waals surface area contributed by atoms with Gasteiger partial charge in [-0.05, 0) is 62.4 Å². The highest BCUT2D eigenvalue weighted by molar-refractivity contribution is 5.85. The molecule has 1 aromatic rings. The van der Waals surface area contributed by atoms with Crippen molar-refractivity contribution in [1.82, 2.24) is 4.90 Å². The second kappa shape index (κ2) is 8.53. The van der Waals surface area contributed by atoms with E-state index in [0.29, 0.717) is 6.04 Å². The second-order valence-electron chi connectivity index (χ2n) is 5.53. The van der Waals surface area contributed by atoms with Gasteiger partial charge in [-0.3, -0.25) is 0 Å². The standard InChI is InChI=1S/C17H27NO.ClH/c1-4-11-18(12-5-2)15-10-9-14-7-6-8-17(19-3)16(14)13-15;/h6-8,15H,4-5,9-13H2,1-3H3;1H. The summed E-state index contributed by atoms with van der Waals surface area (Å²) in [6.07, 6.45) is 6.13. The predicted octanol–water partition coefficient (Wildman–Crippen LogP) is 4.10. The first-order valence-electron chi connectivity index (χ1n) is 7.68. The van der Waals surface area contributed by atoms with Gasteiger partial charge in [-0.2, -0.15) is 0 Å². The Morgan fingerprint density at radius 2 is 1.90 bits per heavy atom. The molecule has 1 aromatic carbocycles. The average Bonchev–Trinajstić information content (AvgIpc) is 2.46. The monoisotopic (exact) mass is 297 g/mol. The maximum absolute atomic E-state index is 5.54. The van der Waals surface area contributed by atoms with Crippen molar-refractivity contribution >= 4 is 12.4 Å². The summed E-state index contributed by atoms with van der Waals surface area (Å²) in [7, 11) is 1.79. The number of hydrogen-bond acceptors (Lipinski definition) is 2. The van der Waals surface area contributed by atoms with E-state index < -0.39 is 0 Å². The van der Waals surface area contributed by atoms with Gasteiger partial charge in [0.15, 0.2) is 0 Å². The Morgan fingerprint density at radius 1 is 1.20 bits per heavy atom. The molecule has 0 aliphatic heterocycles. The summed E-state index contributed by atoms with van der Waals surface area (Å²) in [5.74, 6) is 1.08. The van der Waals surface area contributed by atoms with E-state index in [1.165, 1.54) is 49.9 Å². The van der Waals surface area contributed by atoms with Gasteiger partial charge < -0.3 is 9.64 Å². The first kappa shape index (κ1) is 17.3. The molecule has 0 aromatic heterocycles. The van der Waals surface area contributed by atoms with Crippen LogP contribution in [0.25, 0.3) is 0 Å². The van der Waals surface area contributed by atoms with E-state index >= 15 is 0 Å². The van der Waals surface area contributed by atoms with E-state index in [0.717, 1.165) is 12.2 Å². The van der Waals surface area contributed by atoms with E-state index in [1.54, 1.807) is 7.11 Å². The normalized spacial score (nSPS) is 17.5. The van der Waals surface area contributed by atoms with Crippen molar-refractivity contribution in [2.24, 2.45) is 0 Å². The molecular weight excluding hydrogens is 270 g/mol. The minimum Gasteiger partial charge on any atom is -0.496 e. The SMILES string of the molecule is CCCN(CCC)C1CCc2cccc(OC)c2C1.Cl. The molecule has 0 heterocycles. The van der Waals surface area contributed by atoms with Crippen LogP contribution in [-0.4, -0.2) is 31.1 Å². The van der Waals surface area contributed by atoms with E-state index in [-0.39, 0.29) is 12.4 Å². The third-order valence-corrected chi connectivity index (χ3v) is 4.17. The zero-order valence-corrected chi connectivity index (χ0v) is 13.8. The average molecular weight is 298 g/mol. The number of halogens is 1. The van der Waals surface area contributed by atoms with Crippen molar-refractivity contribution in [1.29, 1.82) is 0 Å². The molecule has 0 spiro atoms. The lowest BCUT2D eigenvalue weighted by molar-refractivity contribution is 0.179. The van der Waals surface area contributed by atoms with Crippen molar-refractivity contribution < 1.29 is 4.74 Å². The zero-order chi connectivity index (χ0) is 13.7. The molecule has 0 radical (unpaired) electrons. The van der Waals surface area contributed by atoms with Gasteiger partial charge in [-0.15, -0.1) is 12.4 Å². The van der Waals surface area contributed by atoms with Gasteiger partial charge in [0.05, 0.1) is 7.11 Å². The summed E-state index contributed by atoms with van der Waals surface area (Å²) < 4.78 is 5.54. The largest absolute Gasteiger partial charge is 0.496 e. The maximum atomic E-state index is 5.54. The number of methoxy groups -OCH3 is 1. The lowest BCUT2D eigenvalue weighted by atomic mass is 9.86. The van der Waals surface area contributed by atoms with Crippen LogP contribution < -0.4 is 4.74 Å². The fourth-order valence-electron chi connectivity index (χ4n) is 3.29. The highest BCUT2D eigenvalue weighted by atomic mass is 35.5. The van der Waals surface area contributed by atoms with Crippen LogP contribution in [0, 0.1) is 0 Å². The molecule has 1 atom stereocenters. The van der Waals surface area contributed by atoms with E-state index in [2.05, 4.69) is 36.9 Å². The number of hydrogen-bond donors (Lipinski definition) is 0. The Labute approximate surface area is 129 Å². The van der Waals surface area contributed by atoms with Crippen LogP contribution in [0.4, 0.5) is 0 Å². The molecule has 0 N–H and O–H groups in total. The van der Waals surface area contributed by atoms with Crippen LogP contribution in [0.2, 0.25) is 0 Å². The summed E-state index contributed by atoms with van der Waals surface area (Å²) in [4.78, 5) is 2.68. The van der Waals surface area contributed by atoms with E-state index in [1.807, 2.05) is 0 Å². The Bertz CT molecular complexity index is 388. The lowest BCUT2D eigenvalue weighted by Gasteiger charge is -2.35. The smallest absolute Gasteiger partial charge is 0.122 e. The second-order valence-corrected chi connectivity index (χ2v) is 5.53. The first-order chi connectivity index (χ1) is 9.30. The highest BCUT2D eigenvalue weighted by Crippen LogP contribution is 2.31. The fourth-order valence-corrected chi connectivity index (χ4v) is 3.29. The Balaban J connectivity index is 0.00000200. The van der Waals surface area contributed by atoms with E-state index in [9.17, 15) is 0 Å². The zero-order valence-electron chi connectivity index (χ0n) is 13.0. The van der Waals surface area contributed by atoms with Crippen LogP contribution in [0.15, 0.2) is 18.2 Å². The highest BCUT2D eigenvalue weighted by Gasteiger charge is 2.25. The minimum absolute atomic E-state index is 0. The summed E-state index contributed by atoms with van der Waals surface area (Å²) in [6.45, 7) is 7.01. The van der Waals surface area contributed by atoms with Gasteiger partial charge >= 0.3 is 0 Å². The molecule has 0 saturated carbocycles. The van der Waals surface area contributed by atoms with Crippen LogP contribution in [0.1, 0.15) is 44.2 Å². The molecule has 3 heteroatoms. The summed E-state index contributed by atoms with van der Waals surface area (Å²) in [5.41, 5.74) is 2.93. The molecule has 0 fully saturated rings. The molecule has 114 valence electrons. The number of fused-ring (bicyclic) bond motifs is 1. The summed E-state index contributed by atoms with van der Waals surface area (Å²) >= 11 is 0. The Hall–Kier alpha value is -0.730. The van der Waals surface area contributed by atoms with Crippen molar-refractivity contribution in [3.8, 4) is 5.75 Å². The van der Waals surface area contributed by atoms with Crippen molar-refractivity contribution in [2.45, 2.75) is 52.0 Å². The number of benzene rings is 1. The summed E-state index contributed by atoms with van der Waals surface area (Å²) in [5, 5.41) is 0. The van der Waals surface area contributed by atoms with Gasteiger partial charge in [0.25, 0.3) is 0 Å². The number of rotatable bonds is 6. The molecule has 1 aliphatic carbocycles. The van der Waals surface area contributed by atoms with Crippen molar-refractivity contribution in [3.63, 3.8) is 0 Å². The molecule has 0 bridgehead atoms. The third kappa shape index (κ3) is 3.89. The molecule has 2 nitrogen and oxygen atoms in total. The number of aryl methyl sites for hydroxylation is 1. The quantitative estimate of drug-likeness (QED) is 0.784. The van der Waals surface area contributed by atoms with Gasteiger partial charge in [-0.25, -0.2) is 0 Å². The van der Waals surface area contributed by atoms with Gasteiger partial charge in [0, 0.05) is 6.04 Å².